The zero-order chi connectivity index (χ0) is 16.5. The highest BCUT2D eigenvalue weighted by atomic mass is 79.9. The number of thiol groups is 1. The van der Waals surface area contributed by atoms with E-state index in [-0.39, 0.29) is 18.3 Å². The summed E-state index contributed by atoms with van der Waals surface area (Å²) in [5.41, 5.74) is 1.32. The van der Waals surface area contributed by atoms with E-state index in [1.165, 1.54) is 0 Å². The highest BCUT2D eigenvalue weighted by molar-refractivity contribution is 9.10. The molecule has 0 atom stereocenters. The Morgan fingerprint density at radius 3 is 2.36 bits per heavy atom. The molecule has 0 radical (unpaired) electrons. The SMILES string of the molecule is COc1cc(C=C(CS)B2OC(C)(C)C(C)(C)O2)ccc1Br. The Bertz CT molecular complexity index is 571. The number of methoxy groups -OCH3 is 1. The fourth-order valence-electron chi connectivity index (χ4n) is 2.16. The lowest BCUT2D eigenvalue weighted by Crippen LogP contribution is -2.41. The number of benzene rings is 1. The van der Waals surface area contributed by atoms with Crippen LogP contribution in [-0.2, 0) is 9.31 Å². The van der Waals surface area contributed by atoms with Crippen molar-refractivity contribution in [3.63, 3.8) is 0 Å². The van der Waals surface area contributed by atoms with Crippen LogP contribution in [0.3, 0.4) is 0 Å². The largest absolute Gasteiger partial charge is 0.496 e. The molecule has 0 amide bonds. The molecule has 0 saturated carbocycles. The molecule has 0 unspecified atom stereocenters. The van der Waals surface area contributed by atoms with Crippen molar-refractivity contribution in [3.05, 3.63) is 33.7 Å². The molecule has 0 spiro atoms. The van der Waals surface area contributed by atoms with Gasteiger partial charge in [0.2, 0.25) is 0 Å². The number of hydrogen-bond donors (Lipinski definition) is 1. The van der Waals surface area contributed by atoms with Gasteiger partial charge in [-0.05, 0) is 66.8 Å². The van der Waals surface area contributed by atoms with E-state index in [1.54, 1.807) is 7.11 Å². The maximum Gasteiger partial charge on any atom is 0.491 e. The zero-order valence-electron chi connectivity index (χ0n) is 13.6. The van der Waals surface area contributed by atoms with Crippen molar-refractivity contribution in [2.24, 2.45) is 0 Å². The molecule has 1 aliphatic heterocycles. The van der Waals surface area contributed by atoms with Gasteiger partial charge in [0.1, 0.15) is 5.75 Å². The second-order valence-corrected chi connectivity index (χ2v) is 7.53. The molecular weight excluding hydrogens is 363 g/mol. The van der Waals surface area contributed by atoms with Gasteiger partial charge in [0, 0.05) is 5.75 Å². The van der Waals surface area contributed by atoms with Crippen molar-refractivity contribution < 1.29 is 14.0 Å². The van der Waals surface area contributed by atoms with Gasteiger partial charge in [0.05, 0.1) is 22.8 Å². The van der Waals surface area contributed by atoms with Crippen molar-refractivity contribution >= 4 is 41.8 Å². The van der Waals surface area contributed by atoms with Gasteiger partial charge in [-0.15, -0.1) is 0 Å². The lowest BCUT2D eigenvalue weighted by Gasteiger charge is -2.32. The minimum Gasteiger partial charge on any atom is -0.496 e. The molecule has 22 heavy (non-hydrogen) atoms. The van der Waals surface area contributed by atoms with Crippen molar-refractivity contribution in [1.82, 2.24) is 0 Å². The van der Waals surface area contributed by atoms with E-state index in [0.29, 0.717) is 5.75 Å². The van der Waals surface area contributed by atoms with Crippen LogP contribution in [0.4, 0.5) is 0 Å². The Kier molecular flexibility index (Phi) is 5.37. The topological polar surface area (TPSA) is 27.7 Å². The molecule has 2 rings (SSSR count). The summed E-state index contributed by atoms with van der Waals surface area (Å²) in [5, 5.41) is 0. The Labute approximate surface area is 147 Å². The summed E-state index contributed by atoms with van der Waals surface area (Å²) in [4.78, 5) is 0. The summed E-state index contributed by atoms with van der Waals surface area (Å²) in [7, 11) is 1.28. The number of halogens is 1. The summed E-state index contributed by atoms with van der Waals surface area (Å²) < 4.78 is 18.4. The first-order chi connectivity index (χ1) is 10.2. The van der Waals surface area contributed by atoms with E-state index >= 15 is 0 Å². The molecule has 0 N–H and O–H groups in total. The van der Waals surface area contributed by atoms with Crippen LogP contribution in [-0.4, -0.2) is 31.2 Å². The molecule has 1 aromatic carbocycles. The van der Waals surface area contributed by atoms with Crippen molar-refractivity contribution in [2.45, 2.75) is 38.9 Å². The molecule has 3 nitrogen and oxygen atoms in total. The molecule has 1 heterocycles. The second-order valence-electron chi connectivity index (χ2n) is 6.36. The molecule has 0 aliphatic carbocycles. The Balaban J connectivity index is 2.29. The maximum absolute atomic E-state index is 6.09. The van der Waals surface area contributed by atoms with Crippen LogP contribution in [0, 0.1) is 0 Å². The third-order valence-electron chi connectivity index (χ3n) is 4.27. The van der Waals surface area contributed by atoms with Gasteiger partial charge < -0.3 is 14.0 Å². The van der Waals surface area contributed by atoms with Crippen molar-refractivity contribution in [1.29, 1.82) is 0 Å². The maximum atomic E-state index is 6.09. The van der Waals surface area contributed by atoms with E-state index in [1.807, 2.05) is 52.0 Å². The first-order valence-electron chi connectivity index (χ1n) is 7.20. The predicted octanol–water partition coefficient (Wildman–Crippen LogP) is 4.40. The van der Waals surface area contributed by atoms with E-state index in [4.69, 9.17) is 14.0 Å². The summed E-state index contributed by atoms with van der Waals surface area (Å²) in [5.74, 6) is 1.36. The molecular formula is C16H22BBrO3S. The number of rotatable bonds is 4. The Hall–Kier alpha value is -0.425. The van der Waals surface area contributed by atoms with Crippen LogP contribution in [0.15, 0.2) is 28.1 Å². The molecule has 1 fully saturated rings. The van der Waals surface area contributed by atoms with E-state index in [0.717, 1.165) is 21.3 Å². The molecule has 1 aliphatic rings. The third kappa shape index (κ3) is 3.56. The van der Waals surface area contributed by atoms with Crippen molar-refractivity contribution in [2.75, 3.05) is 12.9 Å². The Morgan fingerprint density at radius 1 is 1.27 bits per heavy atom. The fourth-order valence-corrected chi connectivity index (χ4v) is 2.81. The number of hydrogen-bond acceptors (Lipinski definition) is 4. The predicted molar refractivity (Wildman–Crippen MR) is 98.6 cm³/mol. The molecule has 0 aromatic heterocycles. The second kappa shape index (κ2) is 6.60. The summed E-state index contributed by atoms with van der Waals surface area (Å²) in [6, 6.07) is 5.95. The van der Waals surface area contributed by atoms with Gasteiger partial charge in [-0.1, -0.05) is 12.1 Å². The van der Waals surface area contributed by atoms with Crippen LogP contribution in [0.25, 0.3) is 6.08 Å². The van der Waals surface area contributed by atoms with E-state index in [9.17, 15) is 0 Å². The average molecular weight is 385 g/mol. The first kappa shape index (κ1) is 17.9. The molecule has 6 heteroatoms. The normalized spacial score (nSPS) is 20.3. The minimum atomic E-state index is -0.378. The van der Waals surface area contributed by atoms with Crippen LogP contribution in [0.5, 0.6) is 5.75 Å². The van der Waals surface area contributed by atoms with Gasteiger partial charge >= 0.3 is 7.12 Å². The van der Waals surface area contributed by atoms with Crippen LogP contribution in [0.1, 0.15) is 33.3 Å². The van der Waals surface area contributed by atoms with E-state index < -0.39 is 0 Å². The lowest BCUT2D eigenvalue weighted by molar-refractivity contribution is 0.00578. The standard InChI is InChI=1S/C16H22BBrO3S/c1-15(2)16(3,4)21-17(20-15)12(10-22)8-11-6-7-13(18)14(9-11)19-5/h6-9,22H,10H2,1-5H3. The van der Waals surface area contributed by atoms with Crippen LogP contribution < -0.4 is 4.74 Å². The highest BCUT2D eigenvalue weighted by Gasteiger charge is 2.52. The average Bonchev–Trinajstić information content (AvgIpc) is 2.66. The smallest absolute Gasteiger partial charge is 0.491 e. The van der Waals surface area contributed by atoms with Crippen molar-refractivity contribution in [3.8, 4) is 5.75 Å². The van der Waals surface area contributed by atoms with Gasteiger partial charge in [-0.25, -0.2) is 0 Å². The van der Waals surface area contributed by atoms with Crippen LogP contribution >= 0.6 is 28.6 Å². The van der Waals surface area contributed by atoms with E-state index in [2.05, 4.69) is 28.6 Å². The van der Waals surface area contributed by atoms with Gasteiger partial charge in [-0.2, -0.15) is 12.6 Å². The Morgan fingerprint density at radius 2 is 1.86 bits per heavy atom. The number of ether oxygens (including phenoxy) is 1. The molecule has 120 valence electrons. The monoisotopic (exact) mass is 384 g/mol. The summed E-state index contributed by atoms with van der Waals surface area (Å²) in [6.07, 6.45) is 2.05. The van der Waals surface area contributed by atoms with Gasteiger partial charge in [0.25, 0.3) is 0 Å². The zero-order valence-corrected chi connectivity index (χ0v) is 16.1. The molecule has 1 aromatic rings. The first-order valence-corrected chi connectivity index (χ1v) is 8.63. The minimum absolute atomic E-state index is 0.350. The molecule has 1 saturated heterocycles. The van der Waals surface area contributed by atoms with Gasteiger partial charge in [0.15, 0.2) is 0 Å². The summed E-state index contributed by atoms with van der Waals surface area (Å²) in [6.45, 7) is 8.19. The highest BCUT2D eigenvalue weighted by Crippen LogP contribution is 2.39. The fraction of sp³-hybridized carbons (Fsp3) is 0.500. The third-order valence-corrected chi connectivity index (χ3v) is 5.29. The van der Waals surface area contributed by atoms with Crippen LogP contribution in [0.2, 0.25) is 0 Å². The lowest BCUT2D eigenvalue weighted by atomic mass is 9.78. The van der Waals surface area contributed by atoms with Gasteiger partial charge in [-0.3, -0.25) is 0 Å². The quantitative estimate of drug-likeness (QED) is 0.615. The summed E-state index contributed by atoms with van der Waals surface area (Å²) >= 11 is 7.89. The molecule has 0 bridgehead atoms.